The van der Waals surface area contributed by atoms with Crippen LogP contribution in [0.5, 0.6) is 0 Å². The van der Waals surface area contributed by atoms with Crippen molar-refractivity contribution in [3.05, 3.63) is 29.8 Å². The molecule has 0 spiro atoms. The van der Waals surface area contributed by atoms with Crippen molar-refractivity contribution in [2.45, 2.75) is 49.6 Å². The van der Waals surface area contributed by atoms with Gasteiger partial charge in [-0.3, -0.25) is 4.79 Å². The number of hydrogen-bond acceptors (Lipinski definition) is 4. The van der Waals surface area contributed by atoms with Gasteiger partial charge >= 0.3 is 0 Å². The number of halogens is 1. The lowest BCUT2D eigenvalue weighted by atomic mass is 9.74. The molecule has 2 rings (SSSR count). The van der Waals surface area contributed by atoms with Gasteiger partial charge in [0.05, 0.1) is 10.8 Å². The molecule has 0 bridgehead atoms. The van der Waals surface area contributed by atoms with Gasteiger partial charge in [-0.15, -0.1) is 12.4 Å². The highest BCUT2D eigenvalue weighted by Crippen LogP contribution is 2.31. The molecule has 1 amide bonds. The van der Waals surface area contributed by atoms with Gasteiger partial charge in [-0.05, 0) is 44.5 Å². The highest BCUT2D eigenvalue weighted by Gasteiger charge is 2.37. The van der Waals surface area contributed by atoms with E-state index < -0.39 is 15.6 Å². The van der Waals surface area contributed by atoms with Crippen LogP contribution in [0.2, 0.25) is 0 Å². The Balaban J connectivity index is 0.00000288. The first kappa shape index (κ1) is 20.9. The van der Waals surface area contributed by atoms with Gasteiger partial charge in [-0.25, -0.2) is 13.1 Å². The molecule has 2 unspecified atom stereocenters. The molecule has 1 aromatic rings. The predicted molar refractivity (Wildman–Crippen MR) is 96.3 cm³/mol. The number of rotatable bonds is 5. The molecule has 0 heterocycles. The molecule has 4 N–H and O–H groups in total. The largest absolute Gasteiger partial charge is 0.352 e. The average Bonchev–Trinajstić information content (AvgIpc) is 2.52. The van der Waals surface area contributed by atoms with Crippen LogP contribution in [0, 0.1) is 5.92 Å². The van der Waals surface area contributed by atoms with Crippen LogP contribution in [0.25, 0.3) is 0 Å². The second-order valence-electron chi connectivity index (χ2n) is 6.38. The van der Waals surface area contributed by atoms with E-state index >= 15 is 0 Å². The molecular weight excluding hydrogens is 350 g/mol. The summed E-state index contributed by atoms with van der Waals surface area (Å²) < 4.78 is 25.9. The van der Waals surface area contributed by atoms with Gasteiger partial charge in [0.1, 0.15) is 0 Å². The first-order valence-corrected chi connectivity index (χ1v) is 9.34. The van der Waals surface area contributed by atoms with E-state index in [1.54, 1.807) is 18.2 Å². The van der Waals surface area contributed by atoms with Crippen molar-refractivity contribution in [2.24, 2.45) is 11.7 Å². The van der Waals surface area contributed by atoms with E-state index in [1.165, 1.54) is 13.1 Å². The van der Waals surface area contributed by atoms with Crippen LogP contribution in [0.15, 0.2) is 29.2 Å². The molecule has 1 aromatic carbocycles. The molecule has 6 nitrogen and oxygen atoms in total. The van der Waals surface area contributed by atoms with Crippen molar-refractivity contribution in [2.75, 3.05) is 7.05 Å². The summed E-state index contributed by atoms with van der Waals surface area (Å²) in [5.41, 5.74) is 6.51. The van der Waals surface area contributed by atoms with E-state index in [2.05, 4.69) is 10.0 Å². The molecule has 24 heavy (non-hydrogen) atoms. The number of benzene rings is 1. The van der Waals surface area contributed by atoms with Crippen LogP contribution in [0.1, 0.15) is 38.2 Å². The van der Waals surface area contributed by atoms with E-state index in [-0.39, 0.29) is 29.1 Å². The predicted octanol–water partition coefficient (Wildman–Crippen LogP) is 1.54. The van der Waals surface area contributed by atoms with Gasteiger partial charge in [-0.2, -0.15) is 0 Å². The van der Waals surface area contributed by atoms with Gasteiger partial charge in [0.2, 0.25) is 15.9 Å². The van der Waals surface area contributed by atoms with Crippen LogP contribution in [-0.4, -0.2) is 26.9 Å². The van der Waals surface area contributed by atoms with Gasteiger partial charge in [0.25, 0.3) is 0 Å². The number of nitrogens with two attached hydrogens (primary N) is 1. The van der Waals surface area contributed by atoms with E-state index in [4.69, 9.17) is 5.73 Å². The van der Waals surface area contributed by atoms with Crippen LogP contribution >= 0.6 is 12.4 Å². The summed E-state index contributed by atoms with van der Waals surface area (Å²) in [7, 11) is -2.11. The maximum absolute atomic E-state index is 12.4. The topological polar surface area (TPSA) is 101 Å². The number of carbonyl (C=O) groups excluding carboxylic acids is 1. The van der Waals surface area contributed by atoms with Gasteiger partial charge in [0.15, 0.2) is 0 Å². The third-order valence-corrected chi connectivity index (χ3v) is 5.93. The molecule has 0 aromatic heterocycles. The normalized spacial score (nSPS) is 24.0. The average molecular weight is 376 g/mol. The minimum absolute atomic E-state index is 0. The Labute approximate surface area is 150 Å². The van der Waals surface area contributed by atoms with Crippen molar-refractivity contribution >= 4 is 28.3 Å². The lowest BCUT2D eigenvalue weighted by Gasteiger charge is -2.37. The van der Waals surface area contributed by atoms with Gasteiger partial charge < -0.3 is 11.1 Å². The molecule has 2 atom stereocenters. The van der Waals surface area contributed by atoms with Gasteiger partial charge in [0, 0.05) is 12.1 Å². The molecule has 0 aliphatic heterocycles. The Morgan fingerprint density at radius 3 is 2.71 bits per heavy atom. The first-order chi connectivity index (χ1) is 10.8. The number of carbonyl (C=O) groups is 1. The third kappa shape index (κ3) is 4.92. The summed E-state index contributed by atoms with van der Waals surface area (Å²) >= 11 is 0. The van der Waals surface area contributed by atoms with E-state index in [9.17, 15) is 13.2 Å². The molecule has 0 radical (unpaired) electrons. The fourth-order valence-electron chi connectivity index (χ4n) is 3.04. The fourth-order valence-corrected chi connectivity index (χ4v) is 3.84. The molecule has 0 saturated heterocycles. The summed E-state index contributed by atoms with van der Waals surface area (Å²) in [6.07, 6.45) is 3.72. The number of nitrogens with one attached hydrogen (secondary N) is 2. The Morgan fingerprint density at radius 2 is 2.08 bits per heavy atom. The van der Waals surface area contributed by atoms with E-state index in [1.807, 2.05) is 6.92 Å². The van der Waals surface area contributed by atoms with Crippen molar-refractivity contribution in [3.8, 4) is 0 Å². The van der Waals surface area contributed by atoms with Crippen molar-refractivity contribution in [3.63, 3.8) is 0 Å². The standard InChI is InChI=1S/C16H25N3O3S.ClH/c1-16(17)9-4-3-8-14(16)15(20)19-11-12-6-5-7-13(10-12)23(21,22)18-2;/h5-7,10,14,18H,3-4,8-9,11,17H2,1-2H3,(H,19,20);1H. The SMILES string of the molecule is CNS(=O)(=O)c1cccc(CNC(=O)C2CCCCC2(C)N)c1.Cl. The molecule has 1 saturated carbocycles. The lowest BCUT2D eigenvalue weighted by Crippen LogP contribution is -2.52. The molecule has 8 heteroatoms. The summed E-state index contributed by atoms with van der Waals surface area (Å²) in [6.45, 7) is 2.22. The summed E-state index contributed by atoms with van der Waals surface area (Å²) in [6, 6.07) is 6.54. The van der Waals surface area contributed by atoms with Crippen molar-refractivity contribution in [1.82, 2.24) is 10.0 Å². The Hall–Kier alpha value is -1.15. The van der Waals surface area contributed by atoms with Crippen LogP contribution in [0.4, 0.5) is 0 Å². The smallest absolute Gasteiger partial charge is 0.240 e. The number of hydrogen-bond donors (Lipinski definition) is 3. The number of amides is 1. The summed E-state index contributed by atoms with van der Waals surface area (Å²) in [4.78, 5) is 12.6. The highest BCUT2D eigenvalue weighted by atomic mass is 35.5. The lowest BCUT2D eigenvalue weighted by molar-refractivity contribution is -0.128. The molecule has 1 aliphatic carbocycles. The van der Waals surface area contributed by atoms with Crippen molar-refractivity contribution in [1.29, 1.82) is 0 Å². The summed E-state index contributed by atoms with van der Waals surface area (Å²) in [5, 5.41) is 2.89. The highest BCUT2D eigenvalue weighted by molar-refractivity contribution is 7.89. The zero-order valence-corrected chi connectivity index (χ0v) is 15.7. The Bertz CT molecular complexity index is 677. The van der Waals surface area contributed by atoms with Crippen molar-refractivity contribution < 1.29 is 13.2 Å². The third-order valence-electron chi connectivity index (χ3n) is 4.52. The molecule has 1 fully saturated rings. The fraction of sp³-hybridized carbons (Fsp3) is 0.562. The first-order valence-electron chi connectivity index (χ1n) is 7.85. The zero-order chi connectivity index (χ0) is 17.1. The van der Waals surface area contributed by atoms with Crippen LogP contribution < -0.4 is 15.8 Å². The molecule has 1 aliphatic rings. The molecular formula is C16H26ClN3O3S. The minimum atomic E-state index is -3.48. The quantitative estimate of drug-likeness (QED) is 0.726. The Morgan fingerprint density at radius 1 is 1.38 bits per heavy atom. The molecule has 136 valence electrons. The maximum atomic E-state index is 12.4. The van der Waals surface area contributed by atoms with Crippen LogP contribution in [0.3, 0.4) is 0 Å². The van der Waals surface area contributed by atoms with Gasteiger partial charge in [-0.1, -0.05) is 25.0 Å². The van der Waals surface area contributed by atoms with E-state index in [0.717, 1.165) is 31.2 Å². The summed E-state index contributed by atoms with van der Waals surface area (Å²) in [5.74, 6) is -0.253. The second kappa shape index (κ2) is 8.29. The van der Waals surface area contributed by atoms with Crippen LogP contribution in [-0.2, 0) is 21.4 Å². The zero-order valence-electron chi connectivity index (χ0n) is 14.0. The number of sulfonamides is 1. The second-order valence-corrected chi connectivity index (χ2v) is 8.26. The monoisotopic (exact) mass is 375 g/mol. The minimum Gasteiger partial charge on any atom is -0.352 e. The maximum Gasteiger partial charge on any atom is 0.240 e. The Kier molecular flexibility index (Phi) is 7.22. The van der Waals surface area contributed by atoms with E-state index in [0.29, 0.717) is 6.54 Å².